The van der Waals surface area contributed by atoms with Crippen LogP contribution >= 0.6 is 35.7 Å². The molecule has 6 heteroatoms. The number of hydrogen-bond donors (Lipinski definition) is 2. The predicted molar refractivity (Wildman–Crippen MR) is 110 cm³/mol. The van der Waals surface area contributed by atoms with Gasteiger partial charge < -0.3 is 10.6 Å². The fourth-order valence-electron chi connectivity index (χ4n) is 2.75. The van der Waals surface area contributed by atoms with Crippen LogP contribution in [0.2, 0.25) is 0 Å². The van der Waals surface area contributed by atoms with Crippen molar-refractivity contribution in [2.24, 2.45) is 4.99 Å². The Bertz CT molecular complexity index is 481. The van der Waals surface area contributed by atoms with Gasteiger partial charge in [0.2, 0.25) is 0 Å². The molecule has 0 heterocycles. The van der Waals surface area contributed by atoms with Crippen molar-refractivity contribution in [2.75, 3.05) is 19.3 Å². The van der Waals surface area contributed by atoms with Crippen LogP contribution in [-0.2, 0) is 6.42 Å². The minimum atomic E-state index is -0.188. The number of guanidine groups is 1. The fourth-order valence-corrected chi connectivity index (χ4v) is 3.54. The molecular weight excluding hydrogens is 424 g/mol. The quantitative estimate of drug-likeness (QED) is 0.392. The first-order valence-corrected chi connectivity index (χ1v) is 9.32. The first-order valence-electron chi connectivity index (χ1n) is 8.03. The van der Waals surface area contributed by atoms with Crippen molar-refractivity contribution in [3.63, 3.8) is 0 Å². The van der Waals surface area contributed by atoms with E-state index in [1.54, 1.807) is 0 Å². The molecule has 2 N–H and O–H groups in total. The van der Waals surface area contributed by atoms with Crippen molar-refractivity contribution in [3.8, 4) is 0 Å². The molecule has 1 aliphatic rings. The van der Waals surface area contributed by atoms with Crippen LogP contribution in [0, 0.1) is 5.82 Å². The van der Waals surface area contributed by atoms with E-state index in [-0.39, 0.29) is 29.8 Å². The number of hydrogen-bond acceptors (Lipinski definition) is 2. The van der Waals surface area contributed by atoms with Crippen molar-refractivity contribution in [2.45, 2.75) is 43.9 Å². The van der Waals surface area contributed by atoms with Gasteiger partial charge in [0.15, 0.2) is 5.96 Å². The van der Waals surface area contributed by atoms with Gasteiger partial charge in [-0.2, -0.15) is 11.8 Å². The summed E-state index contributed by atoms with van der Waals surface area (Å²) in [4.78, 5) is 4.64. The maximum atomic E-state index is 12.9. The summed E-state index contributed by atoms with van der Waals surface area (Å²) in [6.07, 6.45) is 6.73. The first-order chi connectivity index (χ1) is 10.7. The molecule has 0 saturated heterocycles. The lowest BCUT2D eigenvalue weighted by molar-refractivity contribution is 0.615. The van der Waals surface area contributed by atoms with Gasteiger partial charge in [-0.15, -0.1) is 24.0 Å². The molecule has 23 heavy (non-hydrogen) atoms. The SMILES string of the molecule is CCNC(=NCCc1ccc(F)cc1)NC1CCC(SC)C1.I. The normalized spacial score (nSPS) is 20.9. The molecule has 3 nitrogen and oxygen atoms in total. The van der Waals surface area contributed by atoms with Gasteiger partial charge in [0, 0.05) is 24.4 Å². The number of aliphatic imine (C=N–C) groups is 1. The Morgan fingerprint density at radius 2 is 2.04 bits per heavy atom. The summed E-state index contributed by atoms with van der Waals surface area (Å²) in [5.74, 6) is 0.711. The van der Waals surface area contributed by atoms with E-state index in [0.717, 1.165) is 29.7 Å². The fraction of sp³-hybridized carbons (Fsp3) is 0.588. The molecule has 1 fully saturated rings. The van der Waals surface area contributed by atoms with Crippen LogP contribution in [0.15, 0.2) is 29.3 Å². The molecule has 2 atom stereocenters. The lowest BCUT2D eigenvalue weighted by Gasteiger charge is -2.17. The van der Waals surface area contributed by atoms with Gasteiger partial charge in [0.05, 0.1) is 0 Å². The van der Waals surface area contributed by atoms with Crippen molar-refractivity contribution in [3.05, 3.63) is 35.6 Å². The van der Waals surface area contributed by atoms with Gasteiger partial charge >= 0.3 is 0 Å². The van der Waals surface area contributed by atoms with Crippen LogP contribution in [0.1, 0.15) is 31.7 Å². The third kappa shape index (κ3) is 7.28. The molecule has 0 aromatic heterocycles. The molecule has 2 rings (SSSR count). The smallest absolute Gasteiger partial charge is 0.191 e. The monoisotopic (exact) mass is 451 g/mol. The Kier molecular flexibility index (Phi) is 9.94. The third-order valence-electron chi connectivity index (χ3n) is 3.99. The largest absolute Gasteiger partial charge is 0.357 e. The molecule has 1 saturated carbocycles. The van der Waals surface area contributed by atoms with Crippen LogP contribution in [-0.4, -0.2) is 36.6 Å². The second-order valence-corrected chi connectivity index (χ2v) is 6.79. The van der Waals surface area contributed by atoms with E-state index < -0.39 is 0 Å². The molecular formula is C17H27FIN3S. The molecule has 2 unspecified atom stereocenters. The molecule has 0 radical (unpaired) electrons. The number of thioether (sulfide) groups is 1. The lowest BCUT2D eigenvalue weighted by Crippen LogP contribution is -2.42. The number of nitrogens with one attached hydrogen (secondary N) is 2. The Hall–Kier alpha value is -0.500. The van der Waals surface area contributed by atoms with E-state index in [2.05, 4.69) is 28.8 Å². The summed E-state index contributed by atoms with van der Waals surface area (Å²) >= 11 is 1.96. The number of benzene rings is 1. The standard InChI is InChI=1S/C17H26FN3S.HI/c1-3-19-17(21-15-8-9-16(12-15)22-2)20-11-10-13-4-6-14(18)7-5-13;/h4-7,15-16H,3,8-12H2,1-2H3,(H2,19,20,21);1H. The average Bonchev–Trinajstić information content (AvgIpc) is 2.97. The van der Waals surface area contributed by atoms with Crippen molar-refractivity contribution < 1.29 is 4.39 Å². The maximum Gasteiger partial charge on any atom is 0.191 e. The maximum absolute atomic E-state index is 12.9. The zero-order valence-corrected chi connectivity index (χ0v) is 17.0. The highest BCUT2D eigenvalue weighted by Crippen LogP contribution is 2.27. The Labute approximate surface area is 160 Å². The topological polar surface area (TPSA) is 36.4 Å². The molecule has 0 aliphatic heterocycles. The number of halogens is 2. The molecule has 130 valence electrons. The summed E-state index contributed by atoms with van der Waals surface area (Å²) in [7, 11) is 0. The minimum absolute atomic E-state index is 0. The van der Waals surface area contributed by atoms with E-state index >= 15 is 0 Å². The lowest BCUT2D eigenvalue weighted by atomic mass is 10.1. The van der Waals surface area contributed by atoms with Crippen LogP contribution in [0.3, 0.4) is 0 Å². The molecule has 1 aromatic rings. The van der Waals surface area contributed by atoms with E-state index in [9.17, 15) is 4.39 Å². The van der Waals surface area contributed by atoms with Crippen molar-refractivity contribution in [1.82, 2.24) is 10.6 Å². The van der Waals surface area contributed by atoms with Crippen LogP contribution < -0.4 is 10.6 Å². The van der Waals surface area contributed by atoms with Gasteiger partial charge in [-0.25, -0.2) is 4.39 Å². The zero-order valence-electron chi connectivity index (χ0n) is 13.8. The minimum Gasteiger partial charge on any atom is -0.357 e. The molecule has 0 amide bonds. The third-order valence-corrected chi connectivity index (χ3v) is 5.08. The van der Waals surface area contributed by atoms with Crippen molar-refractivity contribution >= 4 is 41.7 Å². The molecule has 1 aromatic carbocycles. The van der Waals surface area contributed by atoms with Gasteiger partial charge in [-0.05, 0) is 56.6 Å². The van der Waals surface area contributed by atoms with Crippen LogP contribution in [0.4, 0.5) is 4.39 Å². The highest BCUT2D eigenvalue weighted by molar-refractivity contribution is 14.0. The summed E-state index contributed by atoms with van der Waals surface area (Å²) in [6, 6.07) is 7.19. The molecule has 0 spiro atoms. The van der Waals surface area contributed by atoms with Gasteiger partial charge in [-0.3, -0.25) is 4.99 Å². The summed E-state index contributed by atoms with van der Waals surface area (Å²) in [6.45, 7) is 3.65. The van der Waals surface area contributed by atoms with E-state index in [4.69, 9.17) is 0 Å². The summed E-state index contributed by atoms with van der Waals surface area (Å²) < 4.78 is 12.9. The second-order valence-electron chi connectivity index (χ2n) is 5.65. The Morgan fingerprint density at radius 1 is 1.30 bits per heavy atom. The van der Waals surface area contributed by atoms with Gasteiger partial charge in [0.1, 0.15) is 5.82 Å². The first kappa shape index (κ1) is 20.5. The van der Waals surface area contributed by atoms with E-state index in [0.29, 0.717) is 12.6 Å². The summed E-state index contributed by atoms with van der Waals surface area (Å²) in [5.41, 5.74) is 1.12. The van der Waals surface area contributed by atoms with E-state index in [1.165, 1.54) is 31.4 Å². The Balaban J connectivity index is 0.00000264. The Morgan fingerprint density at radius 3 is 2.65 bits per heavy atom. The van der Waals surface area contributed by atoms with E-state index in [1.807, 2.05) is 23.9 Å². The van der Waals surface area contributed by atoms with Gasteiger partial charge in [-0.1, -0.05) is 12.1 Å². The predicted octanol–water partition coefficient (Wildman–Crippen LogP) is 3.83. The summed E-state index contributed by atoms with van der Waals surface area (Å²) in [5, 5.41) is 7.63. The number of rotatable bonds is 6. The second kappa shape index (κ2) is 11.1. The zero-order chi connectivity index (χ0) is 15.8. The average molecular weight is 451 g/mol. The molecule has 1 aliphatic carbocycles. The number of nitrogens with zero attached hydrogens (tertiary/aromatic N) is 1. The van der Waals surface area contributed by atoms with Crippen LogP contribution in [0.25, 0.3) is 0 Å². The van der Waals surface area contributed by atoms with Crippen molar-refractivity contribution in [1.29, 1.82) is 0 Å². The highest BCUT2D eigenvalue weighted by atomic mass is 127. The highest BCUT2D eigenvalue weighted by Gasteiger charge is 2.24. The van der Waals surface area contributed by atoms with Gasteiger partial charge in [0.25, 0.3) is 0 Å². The van der Waals surface area contributed by atoms with Crippen LogP contribution in [0.5, 0.6) is 0 Å². The molecule has 0 bridgehead atoms.